The quantitative estimate of drug-likeness (QED) is 0.477. The van der Waals surface area contributed by atoms with Crippen LogP contribution in [0.25, 0.3) is 16.6 Å². The molecule has 1 unspecified atom stereocenters. The van der Waals surface area contributed by atoms with Crippen molar-refractivity contribution in [3.63, 3.8) is 0 Å². The number of hydrogen-bond donors (Lipinski definition) is 2. The van der Waals surface area contributed by atoms with E-state index in [1.165, 1.54) is 4.57 Å². The first-order valence-electron chi connectivity index (χ1n) is 10.1. The number of nitrogen functional groups attached to an aromatic ring is 1. The molecule has 3 N–H and O–H groups in total. The van der Waals surface area contributed by atoms with Crippen LogP contribution < -0.4 is 16.6 Å². The SMILES string of the molecule is CCC(Nc1nc(C)nc(N)c1C#N)c1nc2ccccc2c(=O)n1-c1cc(F)cc(F)c1. The second-order valence-electron chi connectivity index (χ2n) is 7.35. The molecular formula is C23H19F2N7O. The third kappa shape index (κ3) is 4.08. The van der Waals surface area contributed by atoms with Gasteiger partial charge in [-0.25, -0.2) is 23.7 Å². The van der Waals surface area contributed by atoms with E-state index in [1.807, 2.05) is 13.0 Å². The zero-order chi connectivity index (χ0) is 23.7. The number of nitriles is 1. The minimum atomic E-state index is -0.831. The van der Waals surface area contributed by atoms with E-state index in [0.717, 1.165) is 18.2 Å². The predicted molar refractivity (Wildman–Crippen MR) is 120 cm³/mol. The molecule has 2 aromatic heterocycles. The zero-order valence-corrected chi connectivity index (χ0v) is 17.8. The van der Waals surface area contributed by atoms with Crippen molar-refractivity contribution in [1.29, 1.82) is 5.26 Å². The second-order valence-corrected chi connectivity index (χ2v) is 7.35. The van der Waals surface area contributed by atoms with Gasteiger partial charge in [0, 0.05) is 6.07 Å². The van der Waals surface area contributed by atoms with Crippen molar-refractivity contribution in [2.45, 2.75) is 26.3 Å². The Morgan fingerprint density at radius 2 is 1.85 bits per heavy atom. The van der Waals surface area contributed by atoms with E-state index in [-0.39, 0.29) is 28.7 Å². The Bertz CT molecular complexity index is 1460. The number of benzene rings is 2. The lowest BCUT2D eigenvalue weighted by Gasteiger charge is -2.23. The number of para-hydroxylation sites is 1. The molecule has 2 aromatic carbocycles. The summed E-state index contributed by atoms with van der Waals surface area (Å²) in [5.41, 5.74) is 5.85. The molecule has 1 atom stereocenters. The number of aryl methyl sites for hydroxylation is 1. The van der Waals surface area contributed by atoms with Crippen molar-refractivity contribution in [3.8, 4) is 11.8 Å². The largest absolute Gasteiger partial charge is 0.382 e. The number of halogens is 2. The molecule has 33 heavy (non-hydrogen) atoms. The lowest BCUT2D eigenvalue weighted by Crippen LogP contribution is -2.28. The summed E-state index contributed by atoms with van der Waals surface area (Å²) in [7, 11) is 0. The van der Waals surface area contributed by atoms with Crippen LogP contribution in [0.4, 0.5) is 20.4 Å². The molecule has 0 radical (unpaired) electrons. The van der Waals surface area contributed by atoms with Gasteiger partial charge in [0.2, 0.25) is 0 Å². The van der Waals surface area contributed by atoms with Crippen LogP contribution in [-0.4, -0.2) is 19.5 Å². The van der Waals surface area contributed by atoms with Crippen LogP contribution in [0.1, 0.15) is 36.6 Å². The van der Waals surface area contributed by atoms with Crippen molar-refractivity contribution >= 4 is 22.5 Å². The molecule has 0 aliphatic rings. The van der Waals surface area contributed by atoms with Gasteiger partial charge in [0.1, 0.15) is 40.7 Å². The average Bonchev–Trinajstić information content (AvgIpc) is 2.76. The number of anilines is 2. The van der Waals surface area contributed by atoms with Crippen LogP contribution in [0.5, 0.6) is 0 Å². The number of nitrogens with two attached hydrogens (primary N) is 1. The Labute approximate surface area is 187 Å². The highest BCUT2D eigenvalue weighted by Crippen LogP contribution is 2.27. The van der Waals surface area contributed by atoms with E-state index in [2.05, 4.69) is 20.3 Å². The minimum Gasteiger partial charge on any atom is -0.382 e. The molecule has 0 saturated carbocycles. The van der Waals surface area contributed by atoms with Crippen molar-refractivity contribution < 1.29 is 8.78 Å². The maximum atomic E-state index is 14.1. The number of aromatic nitrogens is 4. The van der Waals surface area contributed by atoms with Gasteiger partial charge in [-0.1, -0.05) is 19.1 Å². The first kappa shape index (κ1) is 21.8. The molecule has 0 bridgehead atoms. The van der Waals surface area contributed by atoms with Crippen molar-refractivity contribution in [2.24, 2.45) is 0 Å². The molecule has 0 aliphatic carbocycles. The van der Waals surface area contributed by atoms with Gasteiger partial charge in [-0.05, 0) is 37.6 Å². The molecule has 166 valence electrons. The van der Waals surface area contributed by atoms with E-state index >= 15 is 0 Å². The molecule has 0 spiro atoms. The third-order valence-corrected chi connectivity index (χ3v) is 5.10. The molecule has 2 heterocycles. The zero-order valence-electron chi connectivity index (χ0n) is 17.8. The van der Waals surface area contributed by atoms with E-state index in [9.17, 15) is 18.8 Å². The van der Waals surface area contributed by atoms with Crippen LogP contribution in [0.15, 0.2) is 47.3 Å². The molecule has 0 aliphatic heterocycles. The van der Waals surface area contributed by atoms with Gasteiger partial charge in [0.05, 0.1) is 22.6 Å². The van der Waals surface area contributed by atoms with Crippen LogP contribution in [-0.2, 0) is 0 Å². The molecular weight excluding hydrogens is 428 g/mol. The minimum absolute atomic E-state index is 0.00936. The lowest BCUT2D eigenvalue weighted by molar-refractivity contribution is 0.578. The van der Waals surface area contributed by atoms with Crippen LogP contribution in [0, 0.1) is 29.9 Å². The normalized spacial score (nSPS) is 11.8. The standard InChI is InChI=1S/C23H19F2N7O/c1-3-18(30-21-17(11-26)20(27)28-12(2)29-21)22-31-19-7-5-4-6-16(19)23(33)32(22)15-9-13(24)8-14(25)10-15/h4-10,18H,3H2,1-2H3,(H3,27,28,29,30). The van der Waals surface area contributed by atoms with E-state index in [1.54, 1.807) is 31.2 Å². The van der Waals surface area contributed by atoms with E-state index in [0.29, 0.717) is 23.1 Å². The van der Waals surface area contributed by atoms with Gasteiger partial charge < -0.3 is 11.1 Å². The molecule has 0 saturated heterocycles. The first-order valence-corrected chi connectivity index (χ1v) is 10.1. The fraction of sp³-hybridized carbons (Fsp3) is 0.174. The summed E-state index contributed by atoms with van der Waals surface area (Å²) in [6.45, 7) is 3.46. The van der Waals surface area contributed by atoms with Gasteiger partial charge in [-0.2, -0.15) is 5.26 Å². The molecule has 4 aromatic rings. The summed E-state index contributed by atoms with van der Waals surface area (Å²) in [6.07, 6.45) is 0.399. The summed E-state index contributed by atoms with van der Waals surface area (Å²) < 4.78 is 29.3. The number of rotatable bonds is 5. The first-order chi connectivity index (χ1) is 15.8. The maximum Gasteiger partial charge on any atom is 0.266 e. The second kappa shape index (κ2) is 8.63. The highest BCUT2D eigenvalue weighted by atomic mass is 19.1. The van der Waals surface area contributed by atoms with Gasteiger partial charge >= 0.3 is 0 Å². The molecule has 0 fully saturated rings. The number of nitrogens with one attached hydrogen (secondary N) is 1. The molecule has 10 heteroatoms. The number of nitrogens with zero attached hydrogens (tertiary/aromatic N) is 5. The Hall–Kier alpha value is -4.39. The summed E-state index contributed by atoms with van der Waals surface area (Å²) >= 11 is 0. The van der Waals surface area contributed by atoms with Gasteiger partial charge in [0.25, 0.3) is 5.56 Å². The summed E-state index contributed by atoms with van der Waals surface area (Å²) in [5, 5.41) is 12.9. The monoisotopic (exact) mass is 447 g/mol. The Balaban J connectivity index is 1.98. The fourth-order valence-electron chi connectivity index (χ4n) is 3.62. The van der Waals surface area contributed by atoms with E-state index in [4.69, 9.17) is 5.73 Å². The average molecular weight is 447 g/mol. The molecule has 0 amide bonds. The number of fused-ring (bicyclic) bond motifs is 1. The maximum absolute atomic E-state index is 14.1. The summed E-state index contributed by atoms with van der Waals surface area (Å²) in [4.78, 5) is 26.3. The Morgan fingerprint density at radius 1 is 1.15 bits per heavy atom. The van der Waals surface area contributed by atoms with Gasteiger partial charge in [0.15, 0.2) is 5.82 Å². The topological polar surface area (TPSA) is 123 Å². The predicted octanol–water partition coefficient (Wildman–Crippen LogP) is 3.78. The lowest BCUT2D eigenvalue weighted by atomic mass is 10.1. The highest BCUT2D eigenvalue weighted by molar-refractivity contribution is 5.78. The van der Waals surface area contributed by atoms with Gasteiger partial charge in [-0.3, -0.25) is 9.36 Å². The smallest absolute Gasteiger partial charge is 0.266 e. The van der Waals surface area contributed by atoms with Crippen molar-refractivity contribution in [3.05, 3.63) is 81.7 Å². The van der Waals surface area contributed by atoms with E-state index < -0.39 is 23.2 Å². The highest BCUT2D eigenvalue weighted by Gasteiger charge is 2.23. The summed E-state index contributed by atoms with van der Waals surface area (Å²) in [5.74, 6) is -0.928. The number of hydrogen-bond acceptors (Lipinski definition) is 7. The summed E-state index contributed by atoms with van der Waals surface area (Å²) in [6, 6.07) is 10.9. The Kier molecular flexibility index (Phi) is 5.70. The Morgan fingerprint density at radius 3 is 2.52 bits per heavy atom. The van der Waals surface area contributed by atoms with Crippen molar-refractivity contribution in [2.75, 3.05) is 11.1 Å². The fourth-order valence-corrected chi connectivity index (χ4v) is 3.62. The van der Waals surface area contributed by atoms with Crippen molar-refractivity contribution in [1.82, 2.24) is 19.5 Å². The van der Waals surface area contributed by atoms with Crippen LogP contribution in [0.2, 0.25) is 0 Å². The van der Waals surface area contributed by atoms with Crippen LogP contribution >= 0.6 is 0 Å². The molecule has 4 rings (SSSR count). The van der Waals surface area contributed by atoms with Crippen LogP contribution in [0.3, 0.4) is 0 Å². The molecule has 8 nitrogen and oxygen atoms in total. The third-order valence-electron chi connectivity index (χ3n) is 5.10. The van der Waals surface area contributed by atoms with Gasteiger partial charge in [-0.15, -0.1) is 0 Å².